The molecule has 0 unspecified atom stereocenters. The molecular weight excluding hydrogens is 295 g/mol. The van der Waals surface area contributed by atoms with Gasteiger partial charge < -0.3 is 4.74 Å². The number of carbonyl (C=O) groups is 1. The Labute approximate surface area is 127 Å². The van der Waals surface area contributed by atoms with Crippen LogP contribution in [0.15, 0.2) is 48.5 Å². The van der Waals surface area contributed by atoms with E-state index in [-0.39, 0.29) is 5.78 Å². The van der Waals surface area contributed by atoms with Crippen molar-refractivity contribution in [3.8, 4) is 5.75 Å². The van der Waals surface area contributed by atoms with Gasteiger partial charge in [-0.3, -0.25) is 4.79 Å². The van der Waals surface area contributed by atoms with E-state index in [0.29, 0.717) is 21.4 Å². The van der Waals surface area contributed by atoms with Crippen LogP contribution in [0, 0.1) is 0 Å². The molecule has 2 nitrogen and oxygen atoms in total. The second-order valence-electron chi connectivity index (χ2n) is 4.10. The van der Waals surface area contributed by atoms with Crippen LogP contribution < -0.4 is 4.74 Å². The second kappa shape index (κ2) is 6.60. The van der Waals surface area contributed by atoms with Crippen LogP contribution >= 0.6 is 23.2 Å². The summed E-state index contributed by atoms with van der Waals surface area (Å²) in [4.78, 5) is 11.9. The summed E-state index contributed by atoms with van der Waals surface area (Å²) in [7, 11) is 1.56. The molecule has 0 heterocycles. The quantitative estimate of drug-likeness (QED) is 0.593. The first kappa shape index (κ1) is 14.6. The molecule has 2 rings (SSSR count). The van der Waals surface area contributed by atoms with Crippen molar-refractivity contribution in [2.45, 2.75) is 0 Å². The lowest BCUT2D eigenvalue weighted by Crippen LogP contribution is -1.93. The molecule has 0 amide bonds. The van der Waals surface area contributed by atoms with Crippen LogP contribution in [-0.4, -0.2) is 12.9 Å². The molecule has 0 atom stereocenters. The number of halogens is 2. The number of carbonyl (C=O) groups excluding carboxylic acids is 1. The zero-order chi connectivity index (χ0) is 14.5. The van der Waals surface area contributed by atoms with Crippen molar-refractivity contribution < 1.29 is 9.53 Å². The summed E-state index contributed by atoms with van der Waals surface area (Å²) in [5.74, 6) is 0.515. The first-order valence-electron chi connectivity index (χ1n) is 5.91. The largest absolute Gasteiger partial charge is 0.495 e. The highest BCUT2D eigenvalue weighted by Gasteiger charge is 2.02. The molecule has 0 aliphatic heterocycles. The van der Waals surface area contributed by atoms with E-state index in [1.54, 1.807) is 49.6 Å². The van der Waals surface area contributed by atoms with Gasteiger partial charge in [-0.05, 0) is 48.0 Å². The topological polar surface area (TPSA) is 26.3 Å². The molecule has 0 aliphatic carbocycles. The Balaban J connectivity index is 2.14. The van der Waals surface area contributed by atoms with Crippen LogP contribution in [0.25, 0.3) is 6.08 Å². The molecule has 102 valence electrons. The van der Waals surface area contributed by atoms with Crippen LogP contribution in [0.1, 0.15) is 15.9 Å². The van der Waals surface area contributed by atoms with E-state index in [2.05, 4.69) is 0 Å². The molecule has 2 aromatic rings. The molecule has 0 aromatic heterocycles. The van der Waals surface area contributed by atoms with Crippen molar-refractivity contribution in [3.63, 3.8) is 0 Å². The molecule has 2 aromatic carbocycles. The summed E-state index contributed by atoms with van der Waals surface area (Å²) in [6, 6.07) is 12.1. The fourth-order valence-electron chi connectivity index (χ4n) is 1.67. The zero-order valence-corrected chi connectivity index (χ0v) is 12.3. The molecule has 0 radical (unpaired) electrons. The van der Waals surface area contributed by atoms with Crippen LogP contribution in [-0.2, 0) is 0 Å². The number of rotatable bonds is 4. The van der Waals surface area contributed by atoms with Gasteiger partial charge in [0.25, 0.3) is 0 Å². The molecule has 0 bridgehead atoms. The van der Waals surface area contributed by atoms with E-state index < -0.39 is 0 Å². The van der Waals surface area contributed by atoms with E-state index in [1.165, 1.54) is 6.08 Å². The monoisotopic (exact) mass is 306 g/mol. The number of hydrogen-bond donors (Lipinski definition) is 0. The summed E-state index contributed by atoms with van der Waals surface area (Å²) >= 11 is 11.8. The van der Waals surface area contributed by atoms with Gasteiger partial charge in [0.2, 0.25) is 0 Å². The molecule has 0 fully saturated rings. The van der Waals surface area contributed by atoms with Crippen molar-refractivity contribution in [1.82, 2.24) is 0 Å². The van der Waals surface area contributed by atoms with E-state index in [0.717, 1.165) is 5.56 Å². The minimum Gasteiger partial charge on any atom is -0.495 e. The van der Waals surface area contributed by atoms with Crippen LogP contribution in [0.3, 0.4) is 0 Å². The number of methoxy groups -OCH3 is 1. The highest BCUT2D eigenvalue weighted by molar-refractivity contribution is 6.32. The third-order valence-corrected chi connectivity index (χ3v) is 3.28. The molecule has 4 heteroatoms. The van der Waals surface area contributed by atoms with Crippen LogP contribution in [0.4, 0.5) is 0 Å². The van der Waals surface area contributed by atoms with Gasteiger partial charge in [-0.2, -0.15) is 0 Å². The lowest BCUT2D eigenvalue weighted by Gasteiger charge is -2.03. The molecule has 0 spiro atoms. The summed E-state index contributed by atoms with van der Waals surface area (Å²) in [6.07, 6.45) is 3.21. The third-order valence-electron chi connectivity index (χ3n) is 2.73. The number of allylic oxidation sites excluding steroid dienone is 1. The Morgan fingerprint density at radius 2 is 1.80 bits per heavy atom. The van der Waals surface area contributed by atoms with E-state index >= 15 is 0 Å². The molecule has 20 heavy (non-hydrogen) atoms. The van der Waals surface area contributed by atoms with Gasteiger partial charge in [0.05, 0.1) is 12.1 Å². The summed E-state index contributed by atoms with van der Waals surface area (Å²) < 4.78 is 5.07. The SMILES string of the molecule is COc1ccc(C=CC(=O)c2ccc(Cl)cc2)cc1Cl. The van der Waals surface area contributed by atoms with Crippen LogP contribution in [0.2, 0.25) is 10.0 Å². The van der Waals surface area contributed by atoms with Gasteiger partial charge in [-0.1, -0.05) is 35.3 Å². The summed E-state index contributed by atoms with van der Waals surface area (Å²) in [5, 5.41) is 1.11. The number of ketones is 1. The lowest BCUT2D eigenvalue weighted by molar-refractivity contribution is 0.104. The van der Waals surface area contributed by atoms with Gasteiger partial charge in [0.1, 0.15) is 5.75 Å². The first-order chi connectivity index (χ1) is 9.60. The normalized spacial score (nSPS) is 10.8. The van der Waals surface area contributed by atoms with E-state index in [1.807, 2.05) is 6.07 Å². The Bertz CT molecular complexity index is 646. The van der Waals surface area contributed by atoms with Gasteiger partial charge in [0, 0.05) is 10.6 Å². The Morgan fingerprint density at radius 3 is 2.40 bits per heavy atom. The van der Waals surface area contributed by atoms with Crippen molar-refractivity contribution in [3.05, 3.63) is 69.7 Å². The predicted octanol–water partition coefficient (Wildman–Crippen LogP) is 4.90. The van der Waals surface area contributed by atoms with Gasteiger partial charge in [-0.15, -0.1) is 0 Å². The molecular formula is C16H12Cl2O2. The van der Waals surface area contributed by atoms with Gasteiger partial charge in [-0.25, -0.2) is 0 Å². The van der Waals surface area contributed by atoms with Crippen molar-refractivity contribution in [1.29, 1.82) is 0 Å². The maximum absolute atomic E-state index is 11.9. The zero-order valence-electron chi connectivity index (χ0n) is 10.8. The van der Waals surface area contributed by atoms with Crippen molar-refractivity contribution in [2.24, 2.45) is 0 Å². The average Bonchev–Trinajstić information content (AvgIpc) is 2.45. The standard InChI is InChI=1S/C16H12Cl2O2/c1-20-16-9-3-11(10-14(16)18)2-8-15(19)12-4-6-13(17)7-5-12/h2-10H,1H3. The molecule has 0 saturated carbocycles. The van der Waals surface area contributed by atoms with Gasteiger partial charge >= 0.3 is 0 Å². The second-order valence-corrected chi connectivity index (χ2v) is 4.94. The fraction of sp³-hybridized carbons (Fsp3) is 0.0625. The van der Waals surface area contributed by atoms with Gasteiger partial charge in [0.15, 0.2) is 5.78 Å². The fourth-order valence-corrected chi connectivity index (χ4v) is 2.06. The average molecular weight is 307 g/mol. The van der Waals surface area contributed by atoms with Crippen molar-refractivity contribution >= 4 is 35.1 Å². The third kappa shape index (κ3) is 3.62. The maximum atomic E-state index is 11.9. The van der Waals surface area contributed by atoms with Crippen LogP contribution in [0.5, 0.6) is 5.75 Å². The predicted molar refractivity (Wildman–Crippen MR) is 82.8 cm³/mol. The molecule has 0 aliphatic rings. The summed E-state index contributed by atoms with van der Waals surface area (Å²) in [5.41, 5.74) is 1.42. The van der Waals surface area contributed by atoms with E-state index in [9.17, 15) is 4.79 Å². The highest BCUT2D eigenvalue weighted by atomic mass is 35.5. The highest BCUT2D eigenvalue weighted by Crippen LogP contribution is 2.25. The van der Waals surface area contributed by atoms with Crippen molar-refractivity contribution in [2.75, 3.05) is 7.11 Å². The number of benzene rings is 2. The Kier molecular flexibility index (Phi) is 4.83. The summed E-state index contributed by atoms with van der Waals surface area (Å²) in [6.45, 7) is 0. The first-order valence-corrected chi connectivity index (χ1v) is 6.67. The number of ether oxygens (including phenoxy) is 1. The minimum absolute atomic E-state index is 0.0893. The number of hydrogen-bond acceptors (Lipinski definition) is 2. The molecule has 0 N–H and O–H groups in total. The smallest absolute Gasteiger partial charge is 0.185 e. The molecule has 0 saturated heterocycles. The maximum Gasteiger partial charge on any atom is 0.185 e. The lowest BCUT2D eigenvalue weighted by atomic mass is 10.1. The Morgan fingerprint density at radius 1 is 1.10 bits per heavy atom. The Hall–Kier alpha value is -1.77. The minimum atomic E-state index is -0.0893. The van der Waals surface area contributed by atoms with E-state index in [4.69, 9.17) is 27.9 Å².